The first-order valence-electron chi connectivity index (χ1n) is 6.66. The molecule has 106 valence electrons. The van der Waals surface area contributed by atoms with Crippen molar-refractivity contribution in [2.45, 2.75) is 13.1 Å². The van der Waals surface area contributed by atoms with Gasteiger partial charge in [-0.2, -0.15) is 0 Å². The van der Waals surface area contributed by atoms with Gasteiger partial charge in [0, 0.05) is 24.7 Å². The molecule has 1 heterocycles. The molecule has 0 saturated heterocycles. The summed E-state index contributed by atoms with van der Waals surface area (Å²) in [6.07, 6.45) is 2.46. The van der Waals surface area contributed by atoms with Gasteiger partial charge in [-0.05, 0) is 23.3 Å². The van der Waals surface area contributed by atoms with Crippen LogP contribution in [-0.4, -0.2) is 11.1 Å². The minimum absolute atomic E-state index is 0.338. The number of aliphatic carboxylic acids is 1. The number of nitrogens with zero attached hydrogens (tertiary/aromatic N) is 1. The maximum atomic E-state index is 14.2. The largest absolute Gasteiger partial charge is 0.478 e. The Balaban J connectivity index is 1.98. The van der Waals surface area contributed by atoms with Crippen molar-refractivity contribution in [3.8, 4) is 0 Å². The molecule has 1 aliphatic heterocycles. The Kier molecular flexibility index (Phi) is 3.44. The Bertz CT molecular complexity index is 699. The summed E-state index contributed by atoms with van der Waals surface area (Å²) < 4.78 is 14.2. The lowest BCUT2D eigenvalue weighted by Gasteiger charge is -2.21. The molecule has 21 heavy (non-hydrogen) atoms. The van der Waals surface area contributed by atoms with Gasteiger partial charge in [0.1, 0.15) is 5.82 Å². The summed E-state index contributed by atoms with van der Waals surface area (Å²) in [6, 6.07) is 12.7. The molecule has 1 N–H and O–H groups in total. The van der Waals surface area contributed by atoms with Crippen molar-refractivity contribution in [2.75, 3.05) is 4.90 Å². The average molecular weight is 283 g/mol. The van der Waals surface area contributed by atoms with Crippen molar-refractivity contribution in [3.05, 3.63) is 71.0 Å². The number of rotatable bonds is 3. The van der Waals surface area contributed by atoms with E-state index in [0.717, 1.165) is 6.08 Å². The Morgan fingerprint density at radius 2 is 1.76 bits per heavy atom. The maximum Gasteiger partial charge on any atom is 0.328 e. The maximum absolute atomic E-state index is 14.2. The summed E-state index contributed by atoms with van der Waals surface area (Å²) in [5.74, 6) is -1.38. The molecule has 1 aliphatic rings. The zero-order chi connectivity index (χ0) is 14.8. The molecule has 0 unspecified atom stereocenters. The summed E-state index contributed by atoms with van der Waals surface area (Å²) in [7, 11) is 0. The number of hydrogen-bond donors (Lipinski definition) is 1. The summed E-state index contributed by atoms with van der Waals surface area (Å²) in [5.41, 5.74) is 3.37. The number of fused-ring (bicyclic) bond motifs is 1. The fraction of sp³-hybridized carbons (Fsp3) is 0.118. The van der Waals surface area contributed by atoms with Crippen molar-refractivity contribution in [1.29, 1.82) is 0 Å². The fourth-order valence-corrected chi connectivity index (χ4v) is 2.65. The standard InChI is InChI=1S/C17H14FNO2/c18-15-7-3-6-12(8-9-16(20)21)17(15)19-10-13-4-1-2-5-14(13)11-19/h1-9H,10-11H2,(H,20,21)/b9-8+. The Morgan fingerprint density at radius 3 is 2.38 bits per heavy atom. The molecule has 0 amide bonds. The molecule has 2 aromatic rings. The van der Waals surface area contributed by atoms with Crippen LogP contribution in [0.5, 0.6) is 0 Å². The molecule has 0 radical (unpaired) electrons. The molecule has 4 heteroatoms. The number of benzene rings is 2. The van der Waals surface area contributed by atoms with E-state index < -0.39 is 5.97 Å². The highest BCUT2D eigenvalue weighted by Crippen LogP contribution is 2.33. The molecular weight excluding hydrogens is 269 g/mol. The fourth-order valence-electron chi connectivity index (χ4n) is 2.65. The van der Waals surface area contributed by atoms with Crippen LogP contribution in [0.25, 0.3) is 6.08 Å². The van der Waals surface area contributed by atoms with Crippen LogP contribution in [0.4, 0.5) is 10.1 Å². The van der Waals surface area contributed by atoms with Gasteiger partial charge in [-0.25, -0.2) is 9.18 Å². The summed E-state index contributed by atoms with van der Waals surface area (Å²) in [6.45, 7) is 1.26. The van der Waals surface area contributed by atoms with E-state index in [-0.39, 0.29) is 5.82 Å². The molecular formula is C17H14FNO2. The Morgan fingerprint density at radius 1 is 1.10 bits per heavy atom. The highest BCUT2D eigenvalue weighted by Gasteiger charge is 2.22. The second-order valence-electron chi connectivity index (χ2n) is 4.97. The minimum Gasteiger partial charge on any atom is -0.478 e. The molecule has 0 saturated carbocycles. The zero-order valence-corrected chi connectivity index (χ0v) is 11.3. The SMILES string of the molecule is O=C(O)/C=C/c1cccc(F)c1N1Cc2ccccc2C1. The normalized spacial score (nSPS) is 13.7. The van der Waals surface area contributed by atoms with Gasteiger partial charge in [0.05, 0.1) is 5.69 Å². The lowest BCUT2D eigenvalue weighted by atomic mass is 10.1. The number of hydrogen-bond acceptors (Lipinski definition) is 2. The first kappa shape index (κ1) is 13.4. The second kappa shape index (κ2) is 5.40. The topological polar surface area (TPSA) is 40.5 Å². The van der Waals surface area contributed by atoms with Gasteiger partial charge in [-0.15, -0.1) is 0 Å². The van der Waals surface area contributed by atoms with Crippen LogP contribution < -0.4 is 4.90 Å². The van der Waals surface area contributed by atoms with Gasteiger partial charge in [-0.3, -0.25) is 0 Å². The summed E-state index contributed by atoms with van der Waals surface area (Å²) in [4.78, 5) is 12.6. The average Bonchev–Trinajstić information content (AvgIpc) is 2.88. The lowest BCUT2D eigenvalue weighted by molar-refractivity contribution is -0.131. The third-order valence-corrected chi connectivity index (χ3v) is 3.58. The minimum atomic E-state index is -1.05. The van der Waals surface area contributed by atoms with Gasteiger partial charge in [0.15, 0.2) is 0 Å². The van der Waals surface area contributed by atoms with Crippen LogP contribution in [0.2, 0.25) is 0 Å². The number of carbonyl (C=O) groups is 1. The predicted molar refractivity (Wildman–Crippen MR) is 79.4 cm³/mol. The van der Waals surface area contributed by atoms with Crippen LogP contribution in [-0.2, 0) is 17.9 Å². The molecule has 0 aromatic heterocycles. The van der Waals surface area contributed by atoms with Crippen molar-refractivity contribution in [3.63, 3.8) is 0 Å². The van der Waals surface area contributed by atoms with Gasteiger partial charge in [0.25, 0.3) is 0 Å². The van der Waals surface area contributed by atoms with Crippen LogP contribution in [0, 0.1) is 5.82 Å². The van der Waals surface area contributed by atoms with Crippen LogP contribution in [0.15, 0.2) is 48.5 Å². The van der Waals surface area contributed by atoms with Gasteiger partial charge < -0.3 is 10.0 Å². The van der Waals surface area contributed by atoms with Crippen molar-refractivity contribution >= 4 is 17.7 Å². The highest BCUT2D eigenvalue weighted by atomic mass is 19.1. The van der Waals surface area contributed by atoms with Gasteiger partial charge >= 0.3 is 5.97 Å². The number of halogens is 1. The van der Waals surface area contributed by atoms with Crippen molar-refractivity contribution < 1.29 is 14.3 Å². The van der Waals surface area contributed by atoms with E-state index in [0.29, 0.717) is 24.3 Å². The molecule has 3 rings (SSSR count). The first-order valence-corrected chi connectivity index (χ1v) is 6.66. The van der Waals surface area contributed by atoms with E-state index in [1.54, 1.807) is 12.1 Å². The van der Waals surface area contributed by atoms with E-state index in [1.165, 1.54) is 23.3 Å². The quantitative estimate of drug-likeness (QED) is 0.877. The summed E-state index contributed by atoms with van der Waals surface area (Å²) >= 11 is 0. The molecule has 0 spiro atoms. The number of para-hydroxylation sites is 1. The number of carboxylic acid groups (broad SMARTS) is 1. The number of carboxylic acids is 1. The van der Waals surface area contributed by atoms with E-state index in [4.69, 9.17) is 5.11 Å². The third kappa shape index (κ3) is 2.65. The lowest BCUT2D eigenvalue weighted by Crippen LogP contribution is -2.17. The molecule has 3 nitrogen and oxygen atoms in total. The Hall–Kier alpha value is -2.62. The first-order chi connectivity index (χ1) is 10.1. The molecule has 0 aliphatic carbocycles. The zero-order valence-electron chi connectivity index (χ0n) is 11.3. The third-order valence-electron chi connectivity index (χ3n) is 3.58. The highest BCUT2D eigenvalue weighted by molar-refractivity contribution is 5.87. The molecule has 2 aromatic carbocycles. The predicted octanol–water partition coefficient (Wildman–Crippen LogP) is 3.44. The summed E-state index contributed by atoms with van der Waals surface area (Å²) in [5, 5.41) is 8.75. The Labute approximate surface area is 121 Å². The van der Waals surface area contributed by atoms with E-state index in [1.807, 2.05) is 29.2 Å². The van der Waals surface area contributed by atoms with Crippen LogP contribution >= 0.6 is 0 Å². The monoisotopic (exact) mass is 283 g/mol. The molecule has 0 bridgehead atoms. The van der Waals surface area contributed by atoms with E-state index >= 15 is 0 Å². The smallest absolute Gasteiger partial charge is 0.328 e. The molecule has 0 fully saturated rings. The van der Waals surface area contributed by atoms with Crippen LogP contribution in [0.3, 0.4) is 0 Å². The van der Waals surface area contributed by atoms with Gasteiger partial charge in [-0.1, -0.05) is 36.4 Å². The number of anilines is 1. The van der Waals surface area contributed by atoms with Crippen molar-refractivity contribution in [2.24, 2.45) is 0 Å². The van der Waals surface area contributed by atoms with Crippen LogP contribution in [0.1, 0.15) is 16.7 Å². The molecule has 0 atom stereocenters. The van der Waals surface area contributed by atoms with Gasteiger partial charge in [0.2, 0.25) is 0 Å². The van der Waals surface area contributed by atoms with Crippen molar-refractivity contribution in [1.82, 2.24) is 0 Å². The second-order valence-corrected chi connectivity index (χ2v) is 4.97. The van der Waals surface area contributed by atoms with E-state index in [2.05, 4.69) is 0 Å². The van der Waals surface area contributed by atoms with E-state index in [9.17, 15) is 9.18 Å².